The van der Waals surface area contributed by atoms with Crippen LogP contribution < -0.4 is 0 Å². The number of ketones is 1. The molecule has 0 bridgehead atoms. The molecule has 0 aliphatic heterocycles. The van der Waals surface area contributed by atoms with E-state index in [9.17, 15) is 14.7 Å². The number of ether oxygens (including phenoxy) is 1. The second kappa shape index (κ2) is 5.33. The Hall–Kier alpha value is -0.900. The standard InChI is InChI=1S/C18H28O4/c1-11-4-5-15-14(16(11)20)7-9-18(21)10-13(22-12(2)19)6-8-17(15,18)3/h11,13-15,21H,4-10H2,1-3H3. The van der Waals surface area contributed by atoms with Crippen LogP contribution >= 0.6 is 0 Å². The summed E-state index contributed by atoms with van der Waals surface area (Å²) < 4.78 is 5.36. The topological polar surface area (TPSA) is 63.6 Å². The number of hydrogen-bond acceptors (Lipinski definition) is 4. The number of hydrogen-bond donors (Lipinski definition) is 1. The molecule has 3 aliphatic rings. The number of fused-ring (bicyclic) bond motifs is 3. The zero-order valence-corrected chi connectivity index (χ0v) is 13.9. The van der Waals surface area contributed by atoms with Gasteiger partial charge in [0, 0.05) is 30.6 Å². The summed E-state index contributed by atoms with van der Waals surface area (Å²) in [6.07, 6.45) is 5.40. The van der Waals surface area contributed by atoms with Gasteiger partial charge in [-0.25, -0.2) is 0 Å². The van der Waals surface area contributed by atoms with Crippen molar-refractivity contribution in [2.75, 3.05) is 0 Å². The predicted octanol–water partition coefficient (Wildman–Crippen LogP) is 2.86. The molecule has 1 N–H and O–H groups in total. The van der Waals surface area contributed by atoms with E-state index in [0.717, 1.165) is 32.1 Å². The Morgan fingerprint density at radius 2 is 1.95 bits per heavy atom. The quantitative estimate of drug-likeness (QED) is 0.757. The van der Waals surface area contributed by atoms with E-state index in [0.29, 0.717) is 18.6 Å². The van der Waals surface area contributed by atoms with Gasteiger partial charge >= 0.3 is 5.97 Å². The third kappa shape index (κ3) is 2.31. The van der Waals surface area contributed by atoms with E-state index in [1.807, 2.05) is 6.92 Å². The SMILES string of the molecule is CC(=O)OC1CCC2(C)C3CCC(C)C(=O)C3CCC2(O)C1. The Morgan fingerprint density at radius 3 is 2.64 bits per heavy atom. The summed E-state index contributed by atoms with van der Waals surface area (Å²) in [6, 6.07) is 0. The van der Waals surface area contributed by atoms with Crippen molar-refractivity contribution in [1.29, 1.82) is 0 Å². The molecule has 6 unspecified atom stereocenters. The summed E-state index contributed by atoms with van der Waals surface area (Å²) in [5.74, 6) is 0.718. The van der Waals surface area contributed by atoms with Crippen molar-refractivity contribution in [2.24, 2.45) is 23.2 Å². The monoisotopic (exact) mass is 308 g/mol. The minimum atomic E-state index is -0.798. The van der Waals surface area contributed by atoms with Crippen molar-refractivity contribution in [1.82, 2.24) is 0 Å². The fraction of sp³-hybridized carbons (Fsp3) is 0.889. The fourth-order valence-electron chi connectivity index (χ4n) is 5.50. The molecule has 3 aliphatic carbocycles. The van der Waals surface area contributed by atoms with Crippen LogP contribution in [-0.2, 0) is 14.3 Å². The van der Waals surface area contributed by atoms with Crippen molar-refractivity contribution >= 4 is 11.8 Å². The van der Waals surface area contributed by atoms with E-state index in [1.165, 1.54) is 6.92 Å². The van der Waals surface area contributed by atoms with E-state index in [2.05, 4.69) is 6.92 Å². The van der Waals surface area contributed by atoms with Crippen molar-refractivity contribution in [3.63, 3.8) is 0 Å². The van der Waals surface area contributed by atoms with Gasteiger partial charge in [-0.15, -0.1) is 0 Å². The number of carbonyl (C=O) groups excluding carboxylic acids is 2. The van der Waals surface area contributed by atoms with E-state index >= 15 is 0 Å². The molecule has 3 rings (SSSR count). The van der Waals surface area contributed by atoms with Gasteiger partial charge in [0.2, 0.25) is 0 Å². The van der Waals surface area contributed by atoms with Crippen LogP contribution in [0.15, 0.2) is 0 Å². The van der Waals surface area contributed by atoms with Crippen molar-refractivity contribution in [2.45, 2.75) is 77.4 Å². The summed E-state index contributed by atoms with van der Waals surface area (Å²) in [4.78, 5) is 23.8. The molecule has 0 aromatic rings. The van der Waals surface area contributed by atoms with Crippen LogP contribution in [0.2, 0.25) is 0 Å². The zero-order chi connectivity index (χ0) is 16.1. The summed E-state index contributed by atoms with van der Waals surface area (Å²) in [5, 5.41) is 11.3. The predicted molar refractivity (Wildman–Crippen MR) is 82.1 cm³/mol. The Balaban J connectivity index is 1.84. The maximum absolute atomic E-state index is 12.5. The van der Waals surface area contributed by atoms with Crippen molar-refractivity contribution < 1.29 is 19.4 Å². The molecular weight excluding hydrogens is 280 g/mol. The first-order valence-corrected chi connectivity index (χ1v) is 8.70. The van der Waals surface area contributed by atoms with E-state index < -0.39 is 5.60 Å². The fourth-order valence-corrected chi connectivity index (χ4v) is 5.50. The lowest BCUT2D eigenvalue weighted by Crippen LogP contribution is -2.62. The molecule has 3 saturated carbocycles. The third-order valence-corrected chi connectivity index (χ3v) is 6.88. The van der Waals surface area contributed by atoms with Crippen LogP contribution in [0.1, 0.15) is 65.7 Å². The van der Waals surface area contributed by atoms with Crippen LogP contribution in [0.3, 0.4) is 0 Å². The molecule has 0 amide bonds. The highest BCUT2D eigenvalue weighted by Gasteiger charge is 2.61. The van der Waals surface area contributed by atoms with E-state index in [1.54, 1.807) is 0 Å². The second-order valence-corrected chi connectivity index (χ2v) is 8.06. The molecule has 4 nitrogen and oxygen atoms in total. The smallest absolute Gasteiger partial charge is 0.302 e. The first-order valence-electron chi connectivity index (χ1n) is 8.70. The van der Waals surface area contributed by atoms with Gasteiger partial charge in [-0.05, 0) is 44.4 Å². The maximum Gasteiger partial charge on any atom is 0.302 e. The minimum Gasteiger partial charge on any atom is -0.462 e. The van der Waals surface area contributed by atoms with Gasteiger partial charge in [0.25, 0.3) is 0 Å². The highest BCUT2D eigenvalue weighted by molar-refractivity contribution is 5.84. The Bertz CT molecular complexity index is 487. The number of carbonyl (C=O) groups is 2. The molecule has 22 heavy (non-hydrogen) atoms. The van der Waals surface area contributed by atoms with Crippen LogP contribution in [-0.4, -0.2) is 28.6 Å². The normalized spacial score (nSPS) is 48.3. The molecule has 0 heterocycles. The first-order chi connectivity index (χ1) is 10.3. The number of rotatable bonds is 1. The van der Waals surface area contributed by atoms with Gasteiger partial charge < -0.3 is 9.84 Å². The van der Waals surface area contributed by atoms with Gasteiger partial charge in [-0.2, -0.15) is 0 Å². The molecule has 0 radical (unpaired) electrons. The number of Topliss-reactive ketones (excluding diaryl/α,β-unsaturated/α-hetero) is 1. The molecule has 0 spiro atoms. The molecular formula is C18H28O4. The maximum atomic E-state index is 12.5. The Labute approximate surface area is 132 Å². The lowest BCUT2D eigenvalue weighted by molar-refractivity contribution is -0.210. The van der Waals surface area contributed by atoms with Crippen LogP contribution in [0.4, 0.5) is 0 Å². The lowest BCUT2D eigenvalue weighted by Gasteiger charge is -2.60. The van der Waals surface area contributed by atoms with Gasteiger partial charge in [0.05, 0.1) is 5.60 Å². The summed E-state index contributed by atoms with van der Waals surface area (Å²) in [5.41, 5.74) is -1.02. The largest absolute Gasteiger partial charge is 0.462 e. The zero-order valence-electron chi connectivity index (χ0n) is 13.9. The van der Waals surface area contributed by atoms with Crippen LogP contribution in [0.25, 0.3) is 0 Å². The summed E-state index contributed by atoms with van der Waals surface area (Å²) in [6.45, 7) is 5.63. The highest BCUT2D eigenvalue weighted by atomic mass is 16.5. The highest BCUT2D eigenvalue weighted by Crippen LogP contribution is 2.60. The molecule has 124 valence electrons. The molecule has 6 atom stereocenters. The first kappa shape index (κ1) is 16.0. The Kier molecular flexibility index (Phi) is 3.87. The van der Waals surface area contributed by atoms with Crippen LogP contribution in [0.5, 0.6) is 0 Å². The number of esters is 1. The lowest BCUT2D eigenvalue weighted by atomic mass is 9.46. The average molecular weight is 308 g/mol. The number of aliphatic hydroxyl groups is 1. The molecule has 3 fully saturated rings. The second-order valence-electron chi connectivity index (χ2n) is 8.06. The van der Waals surface area contributed by atoms with Crippen molar-refractivity contribution in [3.05, 3.63) is 0 Å². The van der Waals surface area contributed by atoms with E-state index in [-0.39, 0.29) is 35.2 Å². The Morgan fingerprint density at radius 1 is 1.23 bits per heavy atom. The van der Waals surface area contributed by atoms with Gasteiger partial charge in [-0.3, -0.25) is 9.59 Å². The average Bonchev–Trinajstić information content (AvgIpc) is 2.43. The van der Waals surface area contributed by atoms with Crippen LogP contribution in [0, 0.1) is 23.2 Å². The molecule has 0 aromatic heterocycles. The third-order valence-electron chi connectivity index (χ3n) is 6.88. The van der Waals surface area contributed by atoms with Gasteiger partial charge in [0.15, 0.2) is 0 Å². The van der Waals surface area contributed by atoms with Crippen molar-refractivity contribution in [3.8, 4) is 0 Å². The summed E-state index contributed by atoms with van der Waals surface area (Å²) >= 11 is 0. The molecule has 4 heteroatoms. The molecule has 0 saturated heterocycles. The van der Waals surface area contributed by atoms with Gasteiger partial charge in [0.1, 0.15) is 11.9 Å². The van der Waals surface area contributed by atoms with E-state index in [4.69, 9.17) is 4.74 Å². The summed E-state index contributed by atoms with van der Waals surface area (Å²) in [7, 11) is 0. The minimum absolute atomic E-state index is 0.124. The molecule has 0 aromatic carbocycles. The van der Waals surface area contributed by atoms with Gasteiger partial charge in [-0.1, -0.05) is 13.8 Å².